The second kappa shape index (κ2) is 5.79. The Balaban J connectivity index is 1.63. The zero-order chi connectivity index (χ0) is 18.7. The van der Waals surface area contributed by atoms with Crippen LogP contribution in [0.2, 0.25) is 0 Å². The molecule has 5 rings (SSSR count). The van der Waals surface area contributed by atoms with Gasteiger partial charge in [0.1, 0.15) is 11.7 Å². The lowest BCUT2D eigenvalue weighted by atomic mass is 9.86. The third kappa shape index (κ3) is 2.28. The number of phenols is 1. The minimum Gasteiger partial charge on any atom is -0.504 e. The zero-order valence-corrected chi connectivity index (χ0v) is 15.0. The molecular weight excluding hydrogens is 350 g/mol. The van der Waals surface area contributed by atoms with Gasteiger partial charge in [0.05, 0.1) is 13.2 Å². The Morgan fingerprint density at radius 2 is 1.96 bits per heavy atom. The Bertz CT molecular complexity index is 956. The number of carbonyl (C=O) groups excluding carboxylic acids is 1. The fraction of sp³-hybridized carbons (Fsp3) is 0.350. The summed E-state index contributed by atoms with van der Waals surface area (Å²) in [5, 5.41) is 10.4. The average Bonchev–Trinajstić information content (AvgIpc) is 3.24. The largest absolute Gasteiger partial charge is 0.504 e. The Labute approximate surface area is 156 Å². The number of hydrogen-bond acceptors (Lipinski definition) is 7. The van der Waals surface area contributed by atoms with Gasteiger partial charge in [-0.15, -0.1) is 0 Å². The van der Waals surface area contributed by atoms with Gasteiger partial charge < -0.3 is 24.1 Å². The number of ether oxygens (including phenoxy) is 4. The quantitative estimate of drug-likeness (QED) is 0.815. The Hall–Kier alpha value is -2.93. The number of aromatic hydroxyl groups is 1. The molecule has 27 heavy (non-hydrogen) atoms. The summed E-state index contributed by atoms with van der Waals surface area (Å²) in [6.07, 6.45) is 0.356. The Kier molecular flexibility index (Phi) is 3.48. The molecule has 140 valence electrons. The zero-order valence-electron chi connectivity index (χ0n) is 15.0. The molecule has 2 atom stereocenters. The summed E-state index contributed by atoms with van der Waals surface area (Å²) in [5.41, 5.74) is 3.06. The summed E-state index contributed by atoms with van der Waals surface area (Å²) < 4.78 is 21.9. The molecule has 1 N–H and O–H groups in total. The van der Waals surface area contributed by atoms with Crippen molar-refractivity contribution in [3.63, 3.8) is 0 Å². The number of phenolic OH excluding ortho intramolecular Hbond substituents is 1. The van der Waals surface area contributed by atoms with E-state index in [1.54, 1.807) is 12.1 Å². The van der Waals surface area contributed by atoms with Gasteiger partial charge in [0.2, 0.25) is 6.79 Å². The minimum atomic E-state index is -0.535. The van der Waals surface area contributed by atoms with Crippen molar-refractivity contribution < 1.29 is 28.8 Å². The van der Waals surface area contributed by atoms with Crippen LogP contribution >= 0.6 is 0 Å². The van der Waals surface area contributed by atoms with E-state index in [0.717, 1.165) is 29.8 Å². The molecule has 7 heteroatoms. The van der Waals surface area contributed by atoms with Crippen LogP contribution in [0.15, 0.2) is 24.3 Å². The van der Waals surface area contributed by atoms with E-state index < -0.39 is 12.1 Å². The Morgan fingerprint density at radius 1 is 1.19 bits per heavy atom. The Morgan fingerprint density at radius 3 is 2.74 bits per heavy atom. The summed E-state index contributed by atoms with van der Waals surface area (Å²) in [4.78, 5) is 14.7. The van der Waals surface area contributed by atoms with Crippen molar-refractivity contribution in [2.75, 3.05) is 27.5 Å². The number of esters is 1. The maximum absolute atomic E-state index is 12.5. The van der Waals surface area contributed by atoms with Crippen molar-refractivity contribution in [1.82, 2.24) is 4.90 Å². The number of nitrogens with zero attached hydrogens (tertiary/aromatic N) is 1. The van der Waals surface area contributed by atoms with Crippen molar-refractivity contribution >= 4 is 5.97 Å². The van der Waals surface area contributed by atoms with Gasteiger partial charge in [0, 0.05) is 12.1 Å². The first-order chi connectivity index (χ1) is 13.1. The summed E-state index contributed by atoms with van der Waals surface area (Å²) in [6.45, 7) is 1.04. The normalized spacial score (nSPS) is 23.0. The van der Waals surface area contributed by atoms with E-state index in [9.17, 15) is 9.90 Å². The molecule has 3 aliphatic rings. The third-order valence-electron chi connectivity index (χ3n) is 5.59. The molecule has 0 amide bonds. The van der Waals surface area contributed by atoms with Crippen molar-refractivity contribution in [3.05, 3.63) is 46.5 Å². The van der Waals surface area contributed by atoms with Crippen LogP contribution in [0.5, 0.6) is 23.0 Å². The smallest absolute Gasteiger partial charge is 0.343 e. The van der Waals surface area contributed by atoms with Gasteiger partial charge in [-0.05, 0) is 42.8 Å². The fourth-order valence-electron chi connectivity index (χ4n) is 4.24. The van der Waals surface area contributed by atoms with Gasteiger partial charge in [0.15, 0.2) is 23.0 Å². The highest BCUT2D eigenvalue weighted by Crippen LogP contribution is 2.50. The van der Waals surface area contributed by atoms with Crippen LogP contribution < -0.4 is 14.2 Å². The fourth-order valence-corrected chi connectivity index (χ4v) is 4.24. The molecule has 3 aliphatic heterocycles. The van der Waals surface area contributed by atoms with Crippen LogP contribution in [0, 0.1) is 0 Å². The SMILES string of the molecule is COc1ccc2c(c1O)C(=O)O[C@H]2[C@H]1c2cc3c(cc2CCN1C)OCO3. The highest BCUT2D eigenvalue weighted by Gasteiger charge is 2.44. The van der Waals surface area contributed by atoms with E-state index in [0.29, 0.717) is 11.3 Å². The van der Waals surface area contributed by atoms with Gasteiger partial charge in [0.25, 0.3) is 0 Å². The van der Waals surface area contributed by atoms with Crippen LogP contribution in [0.1, 0.15) is 39.2 Å². The number of hydrogen-bond donors (Lipinski definition) is 1. The van der Waals surface area contributed by atoms with E-state index in [-0.39, 0.29) is 29.9 Å². The van der Waals surface area contributed by atoms with E-state index in [1.165, 1.54) is 7.11 Å². The number of carbonyl (C=O) groups is 1. The number of likely N-dealkylation sites (N-methyl/N-ethyl adjacent to an activating group) is 1. The maximum Gasteiger partial charge on any atom is 0.343 e. The van der Waals surface area contributed by atoms with Gasteiger partial charge in [-0.25, -0.2) is 4.79 Å². The maximum atomic E-state index is 12.5. The topological polar surface area (TPSA) is 77.5 Å². The molecule has 0 spiro atoms. The third-order valence-corrected chi connectivity index (χ3v) is 5.59. The van der Waals surface area contributed by atoms with Crippen LogP contribution in [-0.4, -0.2) is 43.5 Å². The van der Waals surface area contributed by atoms with Gasteiger partial charge in [-0.3, -0.25) is 4.90 Å². The van der Waals surface area contributed by atoms with E-state index in [2.05, 4.69) is 4.90 Å². The van der Waals surface area contributed by atoms with Gasteiger partial charge in [-0.2, -0.15) is 0 Å². The number of benzene rings is 2. The molecule has 0 radical (unpaired) electrons. The second-order valence-electron chi connectivity index (χ2n) is 6.99. The molecule has 2 aromatic rings. The van der Waals surface area contributed by atoms with Crippen molar-refractivity contribution in [2.45, 2.75) is 18.6 Å². The lowest BCUT2D eigenvalue weighted by molar-refractivity contribution is 0.00936. The molecule has 0 unspecified atom stereocenters. The molecular formula is C20H19NO6. The number of rotatable bonds is 2. The van der Waals surface area contributed by atoms with Crippen molar-refractivity contribution in [1.29, 1.82) is 0 Å². The van der Waals surface area contributed by atoms with Crippen molar-refractivity contribution in [2.24, 2.45) is 0 Å². The van der Waals surface area contributed by atoms with Crippen LogP contribution in [0.3, 0.4) is 0 Å². The van der Waals surface area contributed by atoms with Crippen LogP contribution in [-0.2, 0) is 11.2 Å². The molecule has 3 heterocycles. The summed E-state index contributed by atoms with van der Waals surface area (Å²) >= 11 is 0. The van der Waals surface area contributed by atoms with Crippen molar-refractivity contribution in [3.8, 4) is 23.0 Å². The second-order valence-corrected chi connectivity index (χ2v) is 6.99. The number of methoxy groups -OCH3 is 1. The minimum absolute atomic E-state index is 0.174. The van der Waals surface area contributed by atoms with E-state index >= 15 is 0 Å². The molecule has 7 nitrogen and oxygen atoms in total. The van der Waals surface area contributed by atoms with Crippen LogP contribution in [0.25, 0.3) is 0 Å². The van der Waals surface area contributed by atoms with Gasteiger partial charge >= 0.3 is 5.97 Å². The predicted molar refractivity (Wildman–Crippen MR) is 94.5 cm³/mol. The molecule has 0 bridgehead atoms. The van der Waals surface area contributed by atoms with Gasteiger partial charge in [-0.1, -0.05) is 6.07 Å². The lowest BCUT2D eigenvalue weighted by Crippen LogP contribution is -2.36. The molecule has 0 saturated carbocycles. The molecule has 0 aliphatic carbocycles. The molecule has 0 aromatic heterocycles. The standard InChI is InChI=1S/C20H19NO6/c1-21-6-5-10-7-14-15(26-9-25-14)8-12(10)17(21)19-11-3-4-13(24-2)18(22)16(11)20(23)27-19/h3-4,7-8,17,19,22H,5-6,9H2,1-2H3/t17-,19-/m1/s1. The summed E-state index contributed by atoms with van der Waals surface area (Å²) in [7, 11) is 3.46. The number of cyclic esters (lactones) is 1. The first-order valence-corrected chi connectivity index (χ1v) is 8.82. The monoisotopic (exact) mass is 369 g/mol. The molecule has 0 saturated heterocycles. The number of fused-ring (bicyclic) bond motifs is 3. The van der Waals surface area contributed by atoms with E-state index in [1.807, 2.05) is 19.2 Å². The predicted octanol–water partition coefficient (Wildman–Crippen LogP) is 2.57. The van der Waals surface area contributed by atoms with E-state index in [4.69, 9.17) is 18.9 Å². The summed E-state index contributed by atoms with van der Waals surface area (Å²) in [6, 6.07) is 7.26. The lowest BCUT2D eigenvalue weighted by Gasteiger charge is -2.37. The highest BCUT2D eigenvalue weighted by molar-refractivity contribution is 5.98. The van der Waals surface area contributed by atoms with Crippen LogP contribution in [0.4, 0.5) is 0 Å². The average molecular weight is 369 g/mol. The molecule has 2 aromatic carbocycles. The molecule has 0 fully saturated rings. The highest BCUT2D eigenvalue weighted by atomic mass is 16.7. The summed E-state index contributed by atoms with van der Waals surface area (Å²) in [5.74, 6) is 1.01. The first-order valence-electron chi connectivity index (χ1n) is 8.82. The first kappa shape index (κ1) is 16.3.